The van der Waals surface area contributed by atoms with E-state index in [1.807, 2.05) is 51.1 Å². The van der Waals surface area contributed by atoms with Crippen LogP contribution >= 0.6 is 0 Å². The van der Waals surface area contributed by atoms with Crippen LogP contribution in [0.25, 0.3) is 0 Å². The Morgan fingerprint density at radius 2 is 2.03 bits per heavy atom. The highest BCUT2D eigenvalue weighted by molar-refractivity contribution is 5.99. The summed E-state index contributed by atoms with van der Waals surface area (Å²) in [5.41, 5.74) is 8.01. The van der Waals surface area contributed by atoms with E-state index in [-0.39, 0.29) is 17.6 Å². The van der Waals surface area contributed by atoms with Crippen molar-refractivity contribution in [2.45, 2.75) is 51.8 Å². The second-order valence-electron chi connectivity index (χ2n) is 8.69. The summed E-state index contributed by atoms with van der Waals surface area (Å²) in [6, 6.07) is 7.62. The minimum atomic E-state index is -0.495. The molecule has 3 aliphatic rings. The third kappa shape index (κ3) is 3.90. The SMILES string of the molecule is CC(C)(C)OC(=O)c1ccc(CCC2=CC34CC=C(N)NC3=NC=NC4N2)cc1. The number of carbonyl (C=O) groups is 1. The number of aliphatic imine (C=N–C) groups is 2. The van der Waals surface area contributed by atoms with Crippen molar-refractivity contribution < 1.29 is 9.53 Å². The van der Waals surface area contributed by atoms with Gasteiger partial charge in [0.25, 0.3) is 0 Å². The minimum absolute atomic E-state index is 0.0589. The highest BCUT2D eigenvalue weighted by Crippen LogP contribution is 2.41. The molecule has 2 atom stereocenters. The quantitative estimate of drug-likeness (QED) is 0.683. The second-order valence-corrected chi connectivity index (χ2v) is 8.69. The zero-order valence-corrected chi connectivity index (χ0v) is 17.0. The van der Waals surface area contributed by atoms with Crippen molar-refractivity contribution in [1.82, 2.24) is 10.6 Å². The molecule has 0 aliphatic carbocycles. The van der Waals surface area contributed by atoms with Crippen LogP contribution in [0.2, 0.25) is 0 Å². The van der Waals surface area contributed by atoms with Crippen LogP contribution in [0.4, 0.5) is 0 Å². The Kier molecular flexibility index (Phi) is 4.68. The minimum Gasteiger partial charge on any atom is -0.456 e. The summed E-state index contributed by atoms with van der Waals surface area (Å²) in [6.07, 6.45) is 8.23. The number of aryl methyl sites for hydroxylation is 1. The number of esters is 1. The Hall–Kier alpha value is -3.09. The molecule has 3 aliphatic heterocycles. The Morgan fingerprint density at radius 3 is 2.76 bits per heavy atom. The molecule has 2 unspecified atom stereocenters. The number of hydrogen-bond acceptors (Lipinski definition) is 7. The Balaban J connectivity index is 1.41. The first-order valence-electron chi connectivity index (χ1n) is 9.88. The highest BCUT2D eigenvalue weighted by atomic mass is 16.6. The third-order valence-electron chi connectivity index (χ3n) is 5.28. The van der Waals surface area contributed by atoms with Crippen LogP contribution in [0.15, 0.2) is 57.9 Å². The second kappa shape index (κ2) is 7.06. The molecule has 4 N–H and O–H groups in total. The lowest BCUT2D eigenvalue weighted by Gasteiger charge is -2.37. The van der Waals surface area contributed by atoms with Crippen molar-refractivity contribution in [2.24, 2.45) is 21.1 Å². The molecule has 4 rings (SSSR count). The number of rotatable bonds is 4. The topological polar surface area (TPSA) is 101 Å². The van der Waals surface area contributed by atoms with Crippen LogP contribution in [0.3, 0.4) is 0 Å². The molecule has 29 heavy (non-hydrogen) atoms. The molecule has 0 saturated carbocycles. The molecular formula is C22H27N5O2. The van der Waals surface area contributed by atoms with Crippen LogP contribution in [0, 0.1) is 5.41 Å². The van der Waals surface area contributed by atoms with Crippen LogP contribution in [-0.2, 0) is 11.2 Å². The Bertz CT molecular complexity index is 937. The lowest BCUT2D eigenvalue weighted by atomic mass is 9.78. The summed E-state index contributed by atoms with van der Waals surface area (Å²) in [5, 5.41) is 6.70. The first-order valence-corrected chi connectivity index (χ1v) is 9.88. The van der Waals surface area contributed by atoms with Crippen molar-refractivity contribution in [3.05, 3.63) is 59.1 Å². The molecule has 1 aromatic carbocycles. The fourth-order valence-corrected chi connectivity index (χ4v) is 3.83. The van der Waals surface area contributed by atoms with Gasteiger partial charge in [-0.1, -0.05) is 12.1 Å². The first-order chi connectivity index (χ1) is 13.7. The molecule has 7 heteroatoms. The van der Waals surface area contributed by atoms with Gasteiger partial charge in [-0.15, -0.1) is 0 Å². The Morgan fingerprint density at radius 1 is 1.28 bits per heavy atom. The van der Waals surface area contributed by atoms with E-state index in [1.165, 1.54) is 0 Å². The number of amidine groups is 1. The van der Waals surface area contributed by atoms with Crippen molar-refractivity contribution in [2.75, 3.05) is 0 Å². The molecule has 0 aromatic heterocycles. The van der Waals surface area contributed by atoms with Gasteiger partial charge in [0.15, 0.2) is 0 Å². The molecule has 152 valence electrons. The lowest BCUT2D eigenvalue weighted by molar-refractivity contribution is 0.00695. The molecule has 0 saturated heterocycles. The van der Waals surface area contributed by atoms with E-state index in [9.17, 15) is 4.79 Å². The maximum Gasteiger partial charge on any atom is 0.338 e. The predicted octanol–water partition coefficient (Wildman–Crippen LogP) is 2.61. The summed E-state index contributed by atoms with van der Waals surface area (Å²) in [6.45, 7) is 5.60. The monoisotopic (exact) mass is 393 g/mol. The summed E-state index contributed by atoms with van der Waals surface area (Å²) in [4.78, 5) is 21.1. The molecule has 0 bridgehead atoms. The third-order valence-corrected chi connectivity index (χ3v) is 5.28. The van der Waals surface area contributed by atoms with Crippen LogP contribution in [-0.4, -0.2) is 29.9 Å². The summed E-state index contributed by atoms with van der Waals surface area (Å²) in [5.74, 6) is 1.19. The molecule has 0 radical (unpaired) electrons. The van der Waals surface area contributed by atoms with Gasteiger partial charge in [0.1, 0.15) is 23.9 Å². The van der Waals surface area contributed by atoms with Gasteiger partial charge in [-0.2, -0.15) is 0 Å². The fourth-order valence-electron chi connectivity index (χ4n) is 3.83. The Labute approximate surface area is 170 Å². The van der Waals surface area contributed by atoms with E-state index in [0.717, 1.165) is 36.4 Å². The van der Waals surface area contributed by atoms with Crippen molar-refractivity contribution in [3.8, 4) is 0 Å². The van der Waals surface area contributed by atoms with Crippen molar-refractivity contribution in [1.29, 1.82) is 0 Å². The van der Waals surface area contributed by atoms with E-state index in [0.29, 0.717) is 11.4 Å². The summed E-state index contributed by atoms with van der Waals surface area (Å²) in [7, 11) is 0. The number of ether oxygens (including phenoxy) is 1. The molecule has 0 fully saturated rings. The van der Waals surface area contributed by atoms with Gasteiger partial charge >= 0.3 is 5.97 Å². The zero-order chi connectivity index (χ0) is 20.6. The van der Waals surface area contributed by atoms with Crippen molar-refractivity contribution >= 4 is 18.1 Å². The van der Waals surface area contributed by atoms with Gasteiger partial charge in [0.05, 0.1) is 16.8 Å². The van der Waals surface area contributed by atoms with E-state index >= 15 is 0 Å². The maximum absolute atomic E-state index is 12.2. The molecule has 7 nitrogen and oxygen atoms in total. The normalized spacial score (nSPS) is 24.9. The number of nitrogens with zero attached hydrogens (tertiary/aromatic N) is 2. The van der Waals surface area contributed by atoms with Crippen LogP contribution < -0.4 is 16.4 Å². The largest absolute Gasteiger partial charge is 0.456 e. The van der Waals surface area contributed by atoms with Crippen LogP contribution in [0.1, 0.15) is 49.5 Å². The first kappa shape index (κ1) is 19.2. The number of nitrogens with one attached hydrogen (secondary N) is 2. The zero-order valence-electron chi connectivity index (χ0n) is 17.0. The van der Waals surface area contributed by atoms with Gasteiger partial charge in [-0.25, -0.2) is 14.8 Å². The van der Waals surface area contributed by atoms with Gasteiger partial charge in [-0.05, 0) is 69.9 Å². The number of nitrogens with two attached hydrogens (primary N) is 1. The van der Waals surface area contributed by atoms with E-state index in [2.05, 4.69) is 26.7 Å². The maximum atomic E-state index is 12.2. The van der Waals surface area contributed by atoms with E-state index < -0.39 is 5.60 Å². The molecular weight excluding hydrogens is 366 g/mol. The summed E-state index contributed by atoms with van der Waals surface area (Å²) >= 11 is 0. The summed E-state index contributed by atoms with van der Waals surface area (Å²) < 4.78 is 5.41. The standard InChI is InChI=1S/C22H27N5O2/c1-21(2,3)29-18(28)15-7-4-14(5-8-15)6-9-16-12-22-11-10-17(23)27-20(22)25-13-24-19(22)26-16/h4-5,7-8,10,12-13,19,26H,6,9,11,23H2,1-3H3,(H,24,25,27). The lowest BCUT2D eigenvalue weighted by Crippen LogP contribution is -2.52. The average molecular weight is 393 g/mol. The predicted molar refractivity (Wildman–Crippen MR) is 113 cm³/mol. The number of hydrogen-bond donors (Lipinski definition) is 3. The van der Waals surface area contributed by atoms with Crippen LogP contribution in [0.5, 0.6) is 0 Å². The van der Waals surface area contributed by atoms with E-state index in [4.69, 9.17) is 10.5 Å². The smallest absolute Gasteiger partial charge is 0.338 e. The number of allylic oxidation sites excluding steroid dienone is 2. The van der Waals surface area contributed by atoms with Gasteiger partial charge < -0.3 is 21.1 Å². The number of benzene rings is 1. The number of carbonyl (C=O) groups excluding carboxylic acids is 1. The molecule has 3 heterocycles. The molecule has 0 amide bonds. The van der Waals surface area contributed by atoms with Crippen molar-refractivity contribution in [3.63, 3.8) is 0 Å². The van der Waals surface area contributed by atoms with Gasteiger partial charge in [-0.3, -0.25) is 0 Å². The molecule has 1 spiro atoms. The van der Waals surface area contributed by atoms with Gasteiger partial charge in [0.2, 0.25) is 0 Å². The fraction of sp³-hybridized carbons (Fsp3) is 0.409. The highest BCUT2D eigenvalue weighted by Gasteiger charge is 2.48. The van der Waals surface area contributed by atoms with Gasteiger partial charge in [0, 0.05) is 5.70 Å². The molecule has 1 aromatic rings. The average Bonchev–Trinajstić information content (AvgIpc) is 3.03. The van der Waals surface area contributed by atoms with E-state index in [1.54, 1.807) is 6.34 Å².